The summed E-state index contributed by atoms with van der Waals surface area (Å²) in [5.41, 5.74) is 0.686. The minimum absolute atomic E-state index is 0.262. The molecule has 1 fully saturated rings. The highest BCUT2D eigenvalue weighted by Gasteiger charge is 2.37. The van der Waals surface area contributed by atoms with Crippen molar-refractivity contribution in [2.45, 2.75) is 24.8 Å². The van der Waals surface area contributed by atoms with Crippen LogP contribution in [0.3, 0.4) is 0 Å². The molecule has 0 radical (unpaired) electrons. The Bertz CT molecular complexity index is 616. The third-order valence-electron chi connectivity index (χ3n) is 3.53. The topological polar surface area (TPSA) is 78.5 Å². The van der Waals surface area contributed by atoms with Crippen LogP contribution in [0.1, 0.15) is 12.5 Å². The maximum Gasteiger partial charge on any atom is 0.244 e. The van der Waals surface area contributed by atoms with E-state index < -0.39 is 16.1 Å². The number of amides is 1. The van der Waals surface area contributed by atoms with Crippen molar-refractivity contribution in [3.63, 3.8) is 0 Å². The molecule has 1 atom stereocenters. The van der Waals surface area contributed by atoms with Crippen LogP contribution in [-0.2, 0) is 14.8 Å². The van der Waals surface area contributed by atoms with Gasteiger partial charge in [0.1, 0.15) is 6.04 Å². The Kier molecular flexibility index (Phi) is 4.97. The second kappa shape index (κ2) is 6.55. The van der Waals surface area contributed by atoms with Crippen molar-refractivity contribution >= 4 is 15.9 Å². The molecule has 0 aromatic heterocycles. The number of benzene rings is 1. The summed E-state index contributed by atoms with van der Waals surface area (Å²) in [5.74, 6) is -0.262. The van der Waals surface area contributed by atoms with E-state index in [-0.39, 0.29) is 10.8 Å². The molecular weight excluding hydrogens is 290 g/mol. The van der Waals surface area contributed by atoms with E-state index in [0.717, 1.165) is 0 Å². The molecule has 1 aromatic rings. The van der Waals surface area contributed by atoms with Crippen molar-refractivity contribution in [1.82, 2.24) is 14.9 Å². The van der Waals surface area contributed by atoms with Gasteiger partial charge < -0.3 is 10.6 Å². The molecule has 7 heteroatoms. The first-order chi connectivity index (χ1) is 9.98. The predicted octanol–water partition coefficient (Wildman–Crippen LogP) is 0.0936. The van der Waals surface area contributed by atoms with Crippen LogP contribution >= 0.6 is 0 Å². The van der Waals surface area contributed by atoms with Gasteiger partial charge in [0.05, 0.1) is 4.90 Å². The Morgan fingerprint density at radius 1 is 1.43 bits per heavy atom. The van der Waals surface area contributed by atoms with E-state index in [1.807, 2.05) is 6.92 Å². The normalized spacial score (nSPS) is 20.2. The molecule has 1 saturated heterocycles. The molecule has 1 aliphatic rings. The number of carbonyl (C=O) groups is 1. The highest BCUT2D eigenvalue weighted by Crippen LogP contribution is 2.22. The smallest absolute Gasteiger partial charge is 0.244 e. The van der Waals surface area contributed by atoms with Crippen LogP contribution in [0.2, 0.25) is 0 Å². The molecule has 1 heterocycles. The zero-order chi connectivity index (χ0) is 15.5. The Balaban J connectivity index is 2.36. The summed E-state index contributed by atoms with van der Waals surface area (Å²) in [7, 11) is -3.67. The summed E-state index contributed by atoms with van der Waals surface area (Å²) in [4.78, 5) is 12.4. The van der Waals surface area contributed by atoms with Crippen molar-refractivity contribution in [1.29, 1.82) is 0 Å². The maximum absolute atomic E-state index is 12.8. The van der Waals surface area contributed by atoms with Crippen molar-refractivity contribution < 1.29 is 13.2 Å². The Hall–Kier alpha value is -1.44. The van der Waals surface area contributed by atoms with Crippen LogP contribution in [0.4, 0.5) is 0 Å². The summed E-state index contributed by atoms with van der Waals surface area (Å²) in [5, 5.41) is 5.77. The van der Waals surface area contributed by atoms with E-state index in [0.29, 0.717) is 31.7 Å². The molecule has 0 spiro atoms. The monoisotopic (exact) mass is 311 g/mol. The van der Waals surface area contributed by atoms with Gasteiger partial charge in [-0.15, -0.1) is 0 Å². The van der Waals surface area contributed by atoms with Crippen LogP contribution < -0.4 is 10.6 Å². The molecular formula is C14H21N3O3S. The van der Waals surface area contributed by atoms with E-state index in [1.165, 1.54) is 4.31 Å². The number of aryl methyl sites for hydroxylation is 1. The molecule has 1 unspecified atom stereocenters. The molecule has 0 saturated carbocycles. The fourth-order valence-corrected chi connectivity index (χ4v) is 4.28. The minimum Gasteiger partial charge on any atom is -0.355 e. The number of likely N-dealkylation sites (N-methyl/N-ethyl adjacent to an activating group) is 1. The molecule has 1 aliphatic heterocycles. The first-order valence-corrected chi connectivity index (χ1v) is 8.48. The lowest BCUT2D eigenvalue weighted by Crippen LogP contribution is -2.59. The fraction of sp³-hybridized carbons (Fsp3) is 0.500. The van der Waals surface area contributed by atoms with Gasteiger partial charge in [-0.3, -0.25) is 4.79 Å². The molecule has 21 heavy (non-hydrogen) atoms. The van der Waals surface area contributed by atoms with E-state index in [2.05, 4.69) is 10.6 Å². The molecule has 2 N–H and O–H groups in total. The number of nitrogens with one attached hydrogen (secondary N) is 2. The second-order valence-electron chi connectivity index (χ2n) is 5.00. The third kappa shape index (κ3) is 3.25. The zero-order valence-corrected chi connectivity index (χ0v) is 13.1. The molecule has 2 rings (SSSR count). The lowest BCUT2D eigenvalue weighted by Gasteiger charge is -2.34. The van der Waals surface area contributed by atoms with Gasteiger partial charge in [0.15, 0.2) is 0 Å². The fourth-order valence-electron chi connectivity index (χ4n) is 2.46. The predicted molar refractivity (Wildman–Crippen MR) is 80.4 cm³/mol. The van der Waals surface area contributed by atoms with Crippen molar-refractivity contribution in [2.75, 3.05) is 26.2 Å². The molecule has 0 bridgehead atoms. The van der Waals surface area contributed by atoms with Gasteiger partial charge in [-0.1, -0.05) is 18.2 Å². The van der Waals surface area contributed by atoms with Crippen LogP contribution in [-0.4, -0.2) is 50.9 Å². The average molecular weight is 311 g/mol. The van der Waals surface area contributed by atoms with E-state index in [1.54, 1.807) is 31.2 Å². The summed E-state index contributed by atoms with van der Waals surface area (Å²) < 4.78 is 27.0. The molecule has 0 aliphatic carbocycles. The van der Waals surface area contributed by atoms with E-state index >= 15 is 0 Å². The highest BCUT2D eigenvalue weighted by atomic mass is 32.2. The Morgan fingerprint density at radius 3 is 2.81 bits per heavy atom. The Morgan fingerprint density at radius 2 is 2.14 bits per heavy atom. The number of hydrogen-bond donors (Lipinski definition) is 2. The van der Waals surface area contributed by atoms with Gasteiger partial charge >= 0.3 is 0 Å². The number of nitrogens with zero attached hydrogens (tertiary/aromatic N) is 1. The van der Waals surface area contributed by atoms with Gasteiger partial charge in [-0.2, -0.15) is 4.31 Å². The van der Waals surface area contributed by atoms with Crippen molar-refractivity contribution in [3.8, 4) is 0 Å². The van der Waals surface area contributed by atoms with Crippen LogP contribution in [0.25, 0.3) is 0 Å². The lowest BCUT2D eigenvalue weighted by atomic mass is 10.2. The van der Waals surface area contributed by atoms with Gasteiger partial charge in [-0.25, -0.2) is 8.42 Å². The first-order valence-electron chi connectivity index (χ1n) is 7.04. The zero-order valence-electron chi connectivity index (χ0n) is 12.3. The summed E-state index contributed by atoms with van der Waals surface area (Å²) in [6.45, 7) is 5.22. The SMILES string of the molecule is CCNC(=O)C1CNCCN1S(=O)(=O)c1ccccc1C. The average Bonchev–Trinajstić information content (AvgIpc) is 2.48. The van der Waals surface area contributed by atoms with Crippen LogP contribution in [0, 0.1) is 6.92 Å². The third-order valence-corrected chi connectivity index (χ3v) is 5.60. The number of piperazine rings is 1. The summed E-state index contributed by atoms with van der Waals surface area (Å²) in [6.07, 6.45) is 0. The maximum atomic E-state index is 12.8. The quantitative estimate of drug-likeness (QED) is 0.826. The summed E-state index contributed by atoms with van der Waals surface area (Å²) >= 11 is 0. The molecule has 1 aromatic carbocycles. The first kappa shape index (κ1) is 15.9. The Labute approximate surface area is 125 Å². The van der Waals surface area contributed by atoms with Crippen molar-refractivity contribution in [3.05, 3.63) is 29.8 Å². The number of carbonyl (C=O) groups excluding carboxylic acids is 1. The minimum atomic E-state index is -3.67. The van der Waals surface area contributed by atoms with Crippen LogP contribution in [0.15, 0.2) is 29.2 Å². The van der Waals surface area contributed by atoms with Crippen molar-refractivity contribution in [2.24, 2.45) is 0 Å². The van der Waals surface area contributed by atoms with E-state index in [4.69, 9.17) is 0 Å². The number of hydrogen-bond acceptors (Lipinski definition) is 4. The molecule has 116 valence electrons. The highest BCUT2D eigenvalue weighted by molar-refractivity contribution is 7.89. The lowest BCUT2D eigenvalue weighted by molar-refractivity contribution is -0.125. The van der Waals surface area contributed by atoms with E-state index in [9.17, 15) is 13.2 Å². The second-order valence-corrected chi connectivity index (χ2v) is 6.85. The van der Waals surface area contributed by atoms with Gasteiger partial charge in [-0.05, 0) is 25.5 Å². The summed E-state index contributed by atoms with van der Waals surface area (Å²) in [6, 6.07) is 6.14. The largest absolute Gasteiger partial charge is 0.355 e. The molecule has 6 nitrogen and oxygen atoms in total. The van der Waals surface area contributed by atoms with Crippen LogP contribution in [0.5, 0.6) is 0 Å². The number of sulfonamides is 1. The molecule has 1 amide bonds. The van der Waals surface area contributed by atoms with Gasteiger partial charge in [0, 0.05) is 26.2 Å². The number of rotatable bonds is 4. The standard InChI is InChI=1S/C14H21N3O3S/c1-3-16-14(18)12-10-15-8-9-17(12)21(19,20)13-7-5-4-6-11(13)2/h4-7,12,15H,3,8-10H2,1-2H3,(H,16,18). The van der Waals surface area contributed by atoms with Gasteiger partial charge in [0.2, 0.25) is 15.9 Å². The van der Waals surface area contributed by atoms with Gasteiger partial charge in [0.25, 0.3) is 0 Å².